The highest BCUT2D eigenvalue weighted by atomic mass is 32.2. The van der Waals surface area contributed by atoms with Crippen molar-refractivity contribution in [1.82, 2.24) is 10.2 Å². The van der Waals surface area contributed by atoms with Gasteiger partial charge in [-0.1, -0.05) is 0 Å². The van der Waals surface area contributed by atoms with Gasteiger partial charge in [-0.15, -0.1) is 11.8 Å². The molecule has 0 saturated carbocycles. The second-order valence-corrected chi connectivity index (χ2v) is 5.68. The lowest BCUT2D eigenvalue weighted by atomic mass is 10.1. The number of thioether (sulfide) groups is 1. The third kappa shape index (κ3) is 2.99. The number of ether oxygens (including phenoxy) is 2. The van der Waals surface area contributed by atoms with Gasteiger partial charge in [-0.05, 0) is 24.0 Å². The van der Waals surface area contributed by atoms with Crippen LogP contribution in [0.3, 0.4) is 0 Å². The summed E-state index contributed by atoms with van der Waals surface area (Å²) in [6, 6.07) is 4.28. The van der Waals surface area contributed by atoms with Crippen LogP contribution in [0.25, 0.3) is 0 Å². The van der Waals surface area contributed by atoms with Gasteiger partial charge in [0.15, 0.2) is 11.5 Å². The molecule has 0 radical (unpaired) electrons. The van der Waals surface area contributed by atoms with E-state index < -0.39 is 0 Å². The molecule has 0 aromatic heterocycles. The number of hydrogen-bond acceptors (Lipinski definition) is 5. The second kappa shape index (κ2) is 6.03. The maximum atomic E-state index is 5.69. The Balaban J connectivity index is 1.82. The van der Waals surface area contributed by atoms with Gasteiger partial charge in [-0.2, -0.15) is 0 Å². The molecule has 104 valence electrons. The molecule has 2 heterocycles. The molecule has 19 heavy (non-hydrogen) atoms. The summed E-state index contributed by atoms with van der Waals surface area (Å²) >= 11 is 1.78. The lowest BCUT2D eigenvalue weighted by Gasteiger charge is -2.28. The van der Waals surface area contributed by atoms with Crippen molar-refractivity contribution in [3.05, 3.63) is 17.7 Å². The fourth-order valence-electron chi connectivity index (χ4n) is 2.54. The monoisotopic (exact) mass is 280 g/mol. The molecule has 3 rings (SSSR count). The number of fused-ring (bicyclic) bond motifs is 1. The van der Waals surface area contributed by atoms with Crippen LogP contribution in [0.5, 0.6) is 11.5 Å². The van der Waals surface area contributed by atoms with Crippen molar-refractivity contribution in [2.45, 2.75) is 11.4 Å². The first kappa shape index (κ1) is 13.1. The van der Waals surface area contributed by atoms with Crippen LogP contribution in [0, 0.1) is 0 Å². The molecular formula is C14H20N2O2S. The van der Waals surface area contributed by atoms with Gasteiger partial charge in [0, 0.05) is 37.6 Å². The zero-order chi connectivity index (χ0) is 13.1. The van der Waals surface area contributed by atoms with Crippen LogP contribution in [0.4, 0.5) is 0 Å². The molecule has 4 nitrogen and oxygen atoms in total. The Hall–Kier alpha value is -0.910. The summed E-state index contributed by atoms with van der Waals surface area (Å²) in [6.07, 6.45) is 2.12. The molecule has 0 spiro atoms. The van der Waals surface area contributed by atoms with Crippen molar-refractivity contribution in [2.24, 2.45) is 0 Å². The van der Waals surface area contributed by atoms with Gasteiger partial charge in [0.05, 0.1) is 0 Å². The van der Waals surface area contributed by atoms with Crippen molar-refractivity contribution in [1.29, 1.82) is 0 Å². The van der Waals surface area contributed by atoms with Crippen LogP contribution in [-0.4, -0.2) is 50.5 Å². The van der Waals surface area contributed by atoms with Crippen LogP contribution in [0.2, 0.25) is 0 Å². The van der Waals surface area contributed by atoms with Crippen molar-refractivity contribution < 1.29 is 9.47 Å². The smallest absolute Gasteiger partial charge is 0.162 e. The van der Waals surface area contributed by atoms with Crippen LogP contribution in [0.1, 0.15) is 5.56 Å². The van der Waals surface area contributed by atoms with Crippen molar-refractivity contribution in [3.8, 4) is 11.5 Å². The van der Waals surface area contributed by atoms with E-state index in [1.165, 1.54) is 10.5 Å². The molecule has 5 heteroatoms. The molecular weight excluding hydrogens is 260 g/mol. The number of nitrogens with one attached hydrogen (secondary N) is 1. The van der Waals surface area contributed by atoms with Crippen molar-refractivity contribution >= 4 is 11.8 Å². The summed E-state index contributed by atoms with van der Waals surface area (Å²) in [6.45, 7) is 6.69. The van der Waals surface area contributed by atoms with Gasteiger partial charge in [-0.3, -0.25) is 4.90 Å². The first-order chi connectivity index (χ1) is 9.36. The first-order valence-electron chi connectivity index (χ1n) is 6.76. The molecule has 1 aromatic carbocycles. The Morgan fingerprint density at radius 2 is 1.84 bits per heavy atom. The fourth-order valence-corrected chi connectivity index (χ4v) is 3.15. The summed E-state index contributed by atoms with van der Waals surface area (Å²) in [4.78, 5) is 3.78. The zero-order valence-electron chi connectivity index (χ0n) is 11.3. The van der Waals surface area contributed by atoms with Crippen LogP contribution in [0.15, 0.2) is 17.0 Å². The molecule has 1 saturated heterocycles. The maximum absolute atomic E-state index is 5.69. The van der Waals surface area contributed by atoms with E-state index in [1.807, 2.05) is 0 Å². The Morgan fingerprint density at radius 1 is 1.16 bits per heavy atom. The van der Waals surface area contributed by atoms with Gasteiger partial charge in [-0.25, -0.2) is 0 Å². The molecule has 0 bridgehead atoms. The molecule has 0 atom stereocenters. The standard InChI is InChI=1S/C14H20N2O2S/c1-19-14-9-13-12(17-6-7-18-13)8-11(14)10-16-4-2-15-3-5-16/h8-9,15H,2-7,10H2,1H3. The quantitative estimate of drug-likeness (QED) is 0.850. The zero-order valence-corrected chi connectivity index (χ0v) is 12.1. The molecule has 2 aliphatic heterocycles. The van der Waals surface area contributed by atoms with Gasteiger partial charge in [0.25, 0.3) is 0 Å². The van der Waals surface area contributed by atoms with E-state index >= 15 is 0 Å². The third-order valence-corrected chi connectivity index (χ3v) is 4.37. The third-order valence-electron chi connectivity index (χ3n) is 3.55. The molecule has 2 aliphatic rings. The predicted molar refractivity (Wildman–Crippen MR) is 77.4 cm³/mol. The lowest BCUT2D eigenvalue weighted by molar-refractivity contribution is 0.170. The highest BCUT2D eigenvalue weighted by Gasteiger charge is 2.18. The highest BCUT2D eigenvalue weighted by molar-refractivity contribution is 7.98. The van der Waals surface area contributed by atoms with Crippen LogP contribution >= 0.6 is 11.8 Å². The minimum absolute atomic E-state index is 0.651. The Kier molecular flexibility index (Phi) is 4.15. The number of hydrogen-bond donors (Lipinski definition) is 1. The summed E-state index contributed by atoms with van der Waals surface area (Å²) in [5.74, 6) is 1.79. The maximum Gasteiger partial charge on any atom is 0.162 e. The summed E-state index contributed by atoms with van der Waals surface area (Å²) < 4.78 is 11.3. The minimum Gasteiger partial charge on any atom is -0.486 e. The van der Waals surface area contributed by atoms with Gasteiger partial charge >= 0.3 is 0 Å². The predicted octanol–water partition coefficient (Wildman–Crippen LogP) is 1.58. The number of nitrogens with zero attached hydrogens (tertiary/aromatic N) is 1. The Bertz CT molecular complexity index is 447. The van der Waals surface area contributed by atoms with Crippen LogP contribution in [-0.2, 0) is 6.54 Å². The van der Waals surface area contributed by atoms with E-state index in [4.69, 9.17) is 9.47 Å². The molecule has 0 aliphatic carbocycles. The van der Waals surface area contributed by atoms with Gasteiger partial charge in [0.1, 0.15) is 13.2 Å². The van der Waals surface area contributed by atoms with E-state index in [-0.39, 0.29) is 0 Å². The van der Waals surface area contributed by atoms with Crippen molar-refractivity contribution in [2.75, 3.05) is 45.6 Å². The number of benzene rings is 1. The molecule has 0 amide bonds. The molecule has 1 fully saturated rings. The normalized spacial score (nSPS) is 19.4. The summed E-state index contributed by atoms with van der Waals surface area (Å²) in [7, 11) is 0. The lowest BCUT2D eigenvalue weighted by Crippen LogP contribution is -2.42. The second-order valence-electron chi connectivity index (χ2n) is 4.83. The fraction of sp³-hybridized carbons (Fsp3) is 0.571. The highest BCUT2D eigenvalue weighted by Crippen LogP contribution is 2.37. The molecule has 1 N–H and O–H groups in total. The first-order valence-corrected chi connectivity index (χ1v) is 7.99. The Morgan fingerprint density at radius 3 is 2.53 bits per heavy atom. The van der Waals surface area contributed by atoms with Crippen LogP contribution < -0.4 is 14.8 Å². The number of rotatable bonds is 3. The summed E-state index contributed by atoms with van der Waals surface area (Å²) in [5.41, 5.74) is 1.35. The van der Waals surface area contributed by atoms with Gasteiger partial charge < -0.3 is 14.8 Å². The average Bonchev–Trinajstić information content (AvgIpc) is 2.47. The Labute approximate surface area is 118 Å². The van der Waals surface area contributed by atoms with E-state index in [0.717, 1.165) is 44.2 Å². The molecule has 0 unspecified atom stereocenters. The number of piperazine rings is 1. The average molecular weight is 280 g/mol. The molecule has 1 aromatic rings. The van der Waals surface area contributed by atoms with E-state index in [2.05, 4.69) is 28.6 Å². The largest absolute Gasteiger partial charge is 0.486 e. The topological polar surface area (TPSA) is 33.7 Å². The SMILES string of the molecule is CSc1cc2c(cc1CN1CCNCC1)OCCO2. The van der Waals surface area contributed by atoms with E-state index in [9.17, 15) is 0 Å². The van der Waals surface area contributed by atoms with E-state index in [1.54, 1.807) is 11.8 Å². The van der Waals surface area contributed by atoms with Gasteiger partial charge in [0.2, 0.25) is 0 Å². The van der Waals surface area contributed by atoms with Crippen molar-refractivity contribution in [3.63, 3.8) is 0 Å². The van der Waals surface area contributed by atoms with E-state index in [0.29, 0.717) is 13.2 Å². The summed E-state index contributed by atoms with van der Waals surface area (Å²) in [5, 5.41) is 3.39. The minimum atomic E-state index is 0.651.